The maximum absolute atomic E-state index is 13.7. The minimum Gasteiger partial charge on any atom is -0.497 e. The number of urea groups is 1. The highest BCUT2D eigenvalue weighted by Gasteiger charge is 2.35. The number of carbonyl (C=O) groups excluding carboxylic acids is 1. The van der Waals surface area contributed by atoms with Crippen LogP contribution >= 0.6 is 0 Å². The molecule has 0 aliphatic carbocycles. The Labute approximate surface area is 214 Å². The minimum atomic E-state index is -0.587. The number of aryl methyl sites for hydroxylation is 1. The van der Waals surface area contributed by atoms with Gasteiger partial charge in [0, 0.05) is 11.3 Å². The van der Waals surface area contributed by atoms with Crippen molar-refractivity contribution in [3.8, 4) is 17.1 Å². The summed E-state index contributed by atoms with van der Waals surface area (Å²) in [7, 11) is 1.60. The molecule has 2 amide bonds. The quantitative estimate of drug-likeness (QED) is 0.331. The second-order valence-electron chi connectivity index (χ2n) is 8.84. The Morgan fingerprint density at radius 1 is 1.00 bits per heavy atom. The molecule has 0 spiro atoms. The minimum absolute atomic E-state index is 0.259. The number of hydrogen-bond acceptors (Lipinski definition) is 5. The molecular formula is C29H27FN4O3. The van der Waals surface area contributed by atoms with Gasteiger partial charge in [-0.2, -0.15) is 4.98 Å². The van der Waals surface area contributed by atoms with Gasteiger partial charge in [-0.15, -0.1) is 0 Å². The molecule has 0 saturated carbocycles. The Bertz CT molecular complexity index is 1430. The van der Waals surface area contributed by atoms with Gasteiger partial charge < -0.3 is 14.6 Å². The third-order valence-electron chi connectivity index (χ3n) is 6.58. The van der Waals surface area contributed by atoms with E-state index in [1.54, 1.807) is 24.1 Å². The molecule has 1 aromatic heterocycles. The number of carbonyl (C=O) groups is 1. The molecule has 0 fully saturated rings. The maximum atomic E-state index is 13.7. The van der Waals surface area contributed by atoms with Crippen LogP contribution in [0.1, 0.15) is 42.5 Å². The van der Waals surface area contributed by atoms with Crippen molar-refractivity contribution in [2.45, 2.75) is 32.9 Å². The predicted molar refractivity (Wildman–Crippen MR) is 138 cm³/mol. The number of nitrogens with one attached hydrogen (secondary N) is 1. The van der Waals surface area contributed by atoms with Gasteiger partial charge in [-0.1, -0.05) is 48.5 Å². The normalized spacial score (nSPS) is 15.6. The Morgan fingerprint density at radius 3 is 2.32 bits per heavy atom. The van der Waals surface area contributed by atoms with Crippen LogP contribution in [0, 0.1) is 5.82 Å². The van der Waals surface area contributed by atoms with Gasteiger partial charge in [0.25, 0.3) is 5.89 Å². The molecule has 0 saturated heterocycles. The SMILES string of the molecule is CCc1ccc(CN2C(=O)NC(c3ccc(F)cc3)C(c3nc(-c4ccc(OC)cc4)no3)=C2C)cc1. The van der Waals surface area contributed by atoms with Crippen LogP contribution in [-0.2, 0) is 13.0 Å². The molecule has 1 atom stereocenters. The van der Waals surface area contributed by atoms with Crippen LogP contribution in [-0.4, -0.2) is 28.2 Å². The first-order valence-electron chi connectivity index (χ1n) is 12.1. The molecule has 0 bridgehead atoms. The molecule has 2 heterocycles. The lowest BCUT2D eigenvalue weighted by molar-refractivity contribution is 0.203. The standard InChI is InChI=1S/C29H27FN4O3/c1-4-19-5-7-20(8-6-19)17-34-18(2)25(26(31-29(34)35)21-9-13-23(30)14-10-21)28-32-27(33-37-28)22-11-15-24(36-3)16-12-22/h5-16,26H,4,17H2,1-3H3,(H,31,35). The molecule has 4 aromatic rings. The highest BCUT2D eigenvalue weighted by atomic mass is 19.1. The molecule has 1 N–H and O–H groups in total. The van der Waals surface area contributed by atoms with Crippen LogP contribution < -0.4 is 10.1 Å². The molecule has 3 aromatic carbocycles. The first-order valence-corrected chi connectivity index (χ1v) is 12.1. The second-order valence-corrected chi connectivity index (χ2v) is 8.84. The number of methoxy groups -OCH3 is 1. The number of nitrogens with zero attached hydrogens (tertiary/aromatic N) is 3. The molecule has 5 rings (SSSR count). The molecule has 1 aliphatic rings. The van der Waals surface area contributed by atoms with Gasteiger partial charge in [0.15, 0.2) is 0 Å². The summed E-state index contributed by atoms with van der Waals surface area (Å²) in [4.78, 5) is 19.6. The lowest BCUT2D eigenvalue weighted by Gasteiger charge is -2.35. The Balaban J connectivity index is 1.55. The van der Waals surface area contributed by atoms with Crippen molar-refractivity contribution in [3.05, 3.63) is 107 Å². The monoisotopic (exact) mass is 498 g/mol. The van der Waals surface area contributed by atoms with Crippen LogP contribution in [0.25, 0.3) is 17.0 Å². The third-order valence-corrected chi connectivity index (χ3v) is 6.58. The van der Waals surface area contributed by atoms with Crippen molar-refractivity contribution in [2.24, 2.45) is 0 Å². The van der Waals surface area contributed by atoms with Gasteiger partial charge >= 0.3 is 6.03 Å². The van der Waals surface area contributed by atoms with E-state index < -0.39 is 6.04 Å². The highest BCUT2D eigenvalue weighted by Crippen LogP contribution is 2.38. The Hall–Kier alpha value is -4.46. The van der Waals surface area contributed by atoms with Crippen molar-refractivity contribution >= 4 is 11.6 Å². The Kier molecular flexibility index (Phi) is 6.72. The van der Waals surface area contributed by atoms with Crippen molar-refractivity contribution in [1.82, 2.24) is 20.4 Å². The molecule has 7 nitrogen and oxygen atoms in total. The summed E-state index contributed by atoms with van der Waals surface area (Å²) >= 11 is 0. The van der Waals surface area contributed by atoms with Gasteiger partial charge in [0.05, 0.1) is 25.3 Å². The smallest absolute Gasteiger partial charge is 0.322 e. The van der Waals surface area contributed by atoms with E-state index in [9.17, 15) is 9.18 Å². The van der Waals surface area contributed by atoms with E-state index >= 15 is 0 Å². The van der Waals surface area contributed by atoms with Gasteiger partial charge in [0.1, 0.15) is 11.6 Å². The summed E-state index contributed by atoms with van der Waals surface area (Å²) in [5, 5.41) is 7.24. The maximum Gasteiger partial charge on any atom is 0.322 e. The zero-order chi connectivity index (χ0) is 25.9. The van der Waals surface area contributed by atoms with Crippen molar-refractivity contribution < 1.29 is 18.4 Å². The number of halogens is 1. The summed E-state index contributed by atoms with van der Waals surface area (Å²) in [6.07, 6.45) is 0.945. The van der Waals surface area contributed by atoms with E-state index in [1.165, 1.54) is 17.7 Å². The zero-order valence-corrected chi connectivity index (χ0v) is 20.9. The fraction of sp³-hybridized carbons (Fsp3) is 0.207. The Morgan fingerprint density at radius 2 is 1.68 bits per heavy atom. The average Bonchev–Trinajstić information content (AvgIpc) is 3.41. The molecule has 0 radical (unpaired) electrons. The summed E-state index contributed by atoms with van der Waals surface area (Å²) in [6, 6.07) is 20.7. The van der Waals surface area contributed by atoms with Crippen molar-refractivity contribution in [2.75, 3.05) is 7.11 Å². The van der Waals surface area contributed by atoms with E-state index in [1.807, 2.05) is 43.3 Å². The van der Waals surface area contributed by atoms with E-state index in [4.69, 9.17) is 9.26 Å². The molecule has 37 heavy (non-hydrogen) atoms. The second kappa shape index (κ2) is 10.3. The largest absolute Gasteiger partial charge is 0.497 e. The zero-order valence-electron chi connectivity index (χ0n) is 20.9. The van der Waals surface area contributed by atoms with Crippen LogP contribution in [0.2, 0.25) is 0 Å². The first-order chi connectivity index (χ1) is 18.0. The highest BCUT2D eigenvalue weighted by molar-refractivity contribution is 5.86. The van der Waals surface area contributed by atoms with E-state index in [0.717, 1.165) is 23.3 Å². The molecule has 1 aliphatic heterocycles. The number of rotatable bonds is 7. The van der Waals surface area contributed by atoms with E-state index in [2.05, 4.69) is 34.5 Å². The van der Waals surface area contributed by atoms with Crippen LogP contribution in [0.15, 0.2) is 83.0 Å². The van der Waals surface area contributed by atoms with Crippen LogP contribution in [0.3, 0.4) is 0 Å². The first kappa shape index (κ1) is 24.2. The summed E-state index contributed by atoms with van der Waals surface area (Å²) in [6.45, 7) is 4.34. The van der Waals surface area contributed by atoms with Gasteiger partial charge in [-0.25, -0.2) is 9.18 Å². The van der Waals surface area contributed by atoms with Crippen LogP contribution in [0.4, 0.5) is 9.18 Å². The fourth-order valence-electron chi connectivity index (χ4n) is 4.41. The number of ether oxygens (including phenoxy) is 1. The van der Waals surface area contributed by atoms with Gasteiger partial charge in [-0.3, -0.25) is 4.90 Å². The summed E-state index contributed by atoms with van der Waals surface area (Å²) in [5.74, 6) is 1.06. The van der Waals surface area contributed by atoms with Gasteiger partial charge in [0.2, 0.25) is 5.82 Å². The topological polar surface area (TPSA) is 80.5 Å². The number of benzene rings is 3. The molecular weight excluding hydrogens is 471 g/mol. The summed E-state index contributed by atoms with van der Waals surface area (Å²) < 4.78 is 24.6. The van der Waals surface area contributed by atoms with E-state index in [-0.39, 0.29) is 17.7 Å². The summed E-state index contributed by atoms with van der Waals surface area (Å²) in [5.41, 5.74) is 5.04. The van der Waals surface area contributed by atoms with Crippen molar-refractivity contribution in [3.63, 3.8) is 0 Å². The average molecular weight is 499 g/mol. The lowest BCUT2D eigenvalue weighted by atomic mass is 9.94. The van der Waals surface area contributed by atoms with Crippen molar-refractivity contribution in [1.29, 1.82) is 0 Å². The number of allylic oxidation sites excluding steroid dienone is 1. The van der Waals surface area contributed by atoms with Gasteiger partial charge in [-0.05, 0) is 66.4 Å². The third kappa shape index (κ3) is 4.95. The predicted octanol–water partition coefficient (Wildman–Crippen LogP) is 6.14. The van der Waals surface area contributed by atoms with E-state index in [0.29, 0.717) is 29.2 Å². The molecule has 188 valence electrons. The number of amides is 2. The fourth-order valence-corrected chi connectivity index (χ4v) is 4.41. The molecule has 8 heteroatoms. The number of hydrogen-bond donors (Lipinski definition) is 1. The molecule has 1 unspecified atom stereocenters. The number of aromatic nitrogens is 2. The lowest BCUT2D eigenvalue weighted by Crippen LogP contribution is -2.45. The van der Waals surface area contributed by atoms with Crippen LogP contribution in [0.5, 0.6) is 5.75 Å².